The SMILES string of the molecule is CCCCCCC/C=C\CCCCCCCC(=O)OC(COCCC(C(=O)O)[N+](C)(C)C)COC(=O)CCCCCCCCCCCCCCCCC. The summed E-state index contributed by atoms with van der Waals surface area (Å²) in [6.45, 7) is 4.74. The third-order valence-corrected chi connectivity index (χ3v) is 10.2. The van der Waals surface area contributed by atoms with Gasteiger partial charge in [0.25, 0.3) is 0 Å². The molecule has 2 unspecified atom stereocenters. The minimum Gasteiger partial charge on any atom is -0.477 e. The smallest absolute Gasteiger partial charge is 0.362 e. The molecule has 0 bridgehead atoms. The highest BCUT2D eigenvalue weighted by Crippen LogP contribution is 2.15. The zero-order valence-corrected chi connectivity index (χ0v) is 35.5. The highest BCUT2D eigenvalue weighted by Gasteiger charge is 2.31. The van der Waals surface area contributed by atoms with Gasteiger partial charge in [0.2, 0.25) is 0 Å². The molecule has 0 radical (unpaired) electrons. The molecule has 0 saturated heterocycles. The molecule has 0 aromatic rings. The minimum absolute atomic E-state index is 0.0483. The van der Waals surface area contributed by atoms with E-state index in [1.807, 2.05) is 21.1 Å². The quantitative estimate of drug-likeness (QED) is 0.0288. The van der Waals surface area contributed by atoms with E-state index in [4.69, 9.17) is 14.2 Å². The Morgan fingerprint density at radius 3 is 1.36 bits per heavy atom. The number of hydrogen-bond acceptors (Lipinski definition) is 6. The van der Waals surface area contributed by atoms with Gasteiger partial charge in [-0.25, -0.2) is 4.79 Å². The van der Waals surface area contributed by atoms with Gasteiger partial charge in [-0.1, -0.05) is 161 Å². The summed E-state index contributed by atoms with van der Waals surface area (Å²) in [6, 6.07) is -0.611. The van der Waals surface area contributed by atoms with Crippen molar-refractivity contribution in [1.82, 2.24) is 0 Å². The summed E-state index contributed by atoms with van der Waals surface area (Å²) in [7, 11) is 5.53. The first-order chi connectivity index (χ1) is 25.6. The van der Waals surface area contributed by atoms with Crippen LogP contribution in [0.3, 0.4) is 0 Å². The van der Waals surface area contributed by atoms with Crippen LogP contribution in [0.15, 0.2) is 12.2 Å². The lowest BCUT2D eigenvalue weighted by molar-refractivity contribution is -0.887. The Morgan fingerprint density at radius 1 is 0.547 bits per heavy atom. The van der Waals surface area contributed by atoms with Gasteiger partial charge in [-0.15, -0.1) is 0 Å². The number of likely N-dealkylation sites (N-methyl/N-ethyl adjacent to an activating group) is 1. The van der Waals surface area contributed by atoms with Crippen LogP contribution in [0.4, 0.5) is 0 Å². The predicted molar refractivity (Wildman–Crippen MR) is 220 cm³/mol. The van der Waals surface area contributed by atoms with Crippen molar-refractivity contribution < 1.29 is 38.2 Å². The monoisotopic (exact) mass is 753 g/mol. The normalized spacial score (nSPS) is 13.0. The lowest BCUT2D eigenvalue weighted by Crippen LogP contribution is -2.50. The number of ether oxygens (including phenoxy) is 3. The van der Waals surface area contributed by atoms with Crippen LogP contribution < -0.4 is 0 Å². The van der Waals surface area contributed by atoms with Crippen molar-refractivity contribution in [3.63, 3.8) is 0 Å². The van der Waals surface area contributed by atoms with Gasteiger partial charge in [-0.05, 0) is 38.5 Å². The molecule has 0 fully saturated rings. The zero-order valence-electron chi connectivity index (χ0n) is 35.5. The number of rotatable bonds is 40. The highest BCUT2D eigenvalue weighted by molar-refractivity contribution is 5.72. The number of unbranched alkanes of at least 4 members (excludes halogenated alkanes) is 24. The summed E-state index contributed by atoms with van der Waals surface area (Å²) in [4.78, 5) is 36.9. The summed E-state index contributed by atoms with van der Waals surface area (Å²) in [5, 5.41) is 9.61. The van der Waals surface area contributed by atoms with Crippen molar-refractivity contribution in [2.75, 3.05) is 41.0 Å². The van der Waals surface area contributed by atoms with Crippen LogP contribution in [0.1, 0.15) is 206 Å². The van der Waals surface area contributed by atoms with Gasteiger partial charge >= 0.3 is 17.9 Å². The van der Waals surface area contributed by atoms with E-state index in [2.05, 4.69) is 26.0 Å². The lowest BCUT2D eigenvalue weighted by Gasteiger charge is -2.31. The summed E-state index contributed by atoms with van der Waals surface area (Å²) >= 11 is 0. The van der Waals surface area contributed by atoms with Crippen LogP contribution in [-0.4, -0.2) is 80.6 Å². The summed E-state index contributed by atoms with van der Waals surface area (Å²) in [5.41, 5.74) is 0. The maximum Gasteiger partial charge on any atom is 0.362 e. The first-order valence-electron chi connectivity index (χ1n) is 22.2. The van der Waals surface area contributed by atoms with Crippen molar-refractivity contribution >= 4 is 17.9 Å². The van der Waals surface area contributed by atoms with Crippen LogP contribution in [0, 0.1) is 0 Å². The van der Waals surface area contributed by atoms with Gasteiger partial charge in [0.15, 0.2) is 12.1 Å². The van der Waals surface area contributed by atoms with Gasteiger partial charge in [0.1, 0.15) is 6.61 Å². The molecule has 53 heavy (non-hydrogen) atoms. The molecule has 312 valence electrons. The number of hydrogen-bond donors (Lipinski definition) is 1. The van der Waals surface area contributed by atoms with E-state index < -0.39 is 18.1 Å². The topological polar surface area (TPSA) is 99.1 Å². The predicted octanol–water partition coefficient (Wildman–Crippen LogP) is 11.9. The Morgan fingerprint density at radius 2 is 0.943 bits per heavy atom. The first kappa shape index (κ1) is 51.1. The maximum atomic E-state index is 12.7. The van der Waals surface area contributed by atoms with Gasteiger partial charge < -0.3 is 23.8 Å². The van der Waals surface area contributed by atoms with Crippen molar-refractivity contribution in [1.29, 1.82) is 0 Å². The molecular formula is C45H86NO7+. The fraction of sp³-hybridized carbons (Fsp3) is 0.889. The molecule has 2 atom stereocenters. The van der Waals surface area contributed by atoms with Crippen LogP contribution in [0.25, 0.3) is 0 Å². The fourth-order valence-electron chi connectivity index (χ4n) is 6.67. The first-order valence-corrected chi connectivity index (χ1v) is 22.2. The molecule has 8 nitrogen and oxygen atoms in total. The highest BCUT2D eigenvalue weighted by atomic mass is 16.6. The van der Waals surface area contributed by atoms with E-state index in [0.717, 1.165) is 51.4 Å². The Balaban J connectivity index is 4.32. The fourth-order valence-corrected chi connectivity index (χ4v) is 6.67. The van der Waals surface area contributed by atoms with Crippen LogP contribution >= 0.6 is 0 Å². The second-order valence-electron chi connectivity index (χ2n) is 16.3. The summed E-state index contributed by atoms with van der Waals surface area (Å²) in [6.07, 6.45) is 38.2. The Labute approximate surface area is 327 Å². The maximum absolute atomic E-state index is 12.7. The van der Waals surface area contributed by atoms with Gasteiger partial charge in [-0.2, -0.15) is 0 Å². The number of nitrogens with zero attached hydrogens (tertiary/aromatic N) is 1. The van der Waals surface area contributed by atoms with Crippen LogP contribution in [0.5, 0.6) is 0 Å². The third kappa shape index (κ3) is 35.5. The van der Waals surface area contributed by atoms with Gasteiger partial charge in [0, 0.05) is 19.3 Å². The number of allylic oxidation sites excluding steroid dienone is 2. The average molecular weight is 753 g/mol. The number of carboxylic acid groups (broad SMARTS) is 1. The molecule has 0 saturated carbocycles. The molecule has 0 amide bonds. The Kier molecular flexibility index (Phi) is 35.7. The second-order valence-corrected chi connectivity index (χ2v) is 16.3. The van der Waals surface area contributed by atoms with E-state index in [1.54, 1.807) is 0 Å². The van der Waals surface area contributed by atoms with E-state index in [-0.39, 0.29) is 36.2 Å². The number of quaternary nitrogens is 1. The van der Waals surface area contributed by atoms with E-state index in [9.17, 15) is 19.5 Å². The molecule has 0 spiro atoms. The number of carboxylic acids is 1. The largest absolute Gasteiger partial charge is 0.477 e. The Bertz CT molecular complexity index is 885. The summed E-state index contributed by atoms with van der Waals surface area (Å²) < 4.78 is 17.3. The van der Waals surface area contributed by atoms with Gasteiger partial charge in [0.05, 0.1) is 34.4 Å². The number of aliphatic carboxylic acids is 1. The van der Waals surface area contributed by atoms with Crippen molar-refractivity contribution in [3.05, 3.63) is 12.2 Å². The van der Waals surface area contributed by atoms with Crippen LogP contribution in [0.2, 0.25) is 0 Å². The molecule has 0 aliphatic carbocycles. The molecule has 0 aromatic heterocycles. The molecule has 1 N–H and O–H groups in total. The molecule has 0 aliphatic heterocycles. The van der Waals surface area contributed by atoms with Gasteiger partial charge in [-0.3, -0.25) is 9.59 Å². The summed E-state index contributed by atoms with van der Waals surface area (Å²) in [5.74, 6) is -1.46. The minimum atomic E-state index is -0.874. The number of carbonyl (C=O) groups excluding carboxylic acids is 2. The third-order valence-electron chi connectivity index (χ3n) is 10.2. The molecule has 0 heterocycles. The molecule has 8 heteroatoms. The lowest BCUT2D eigenvalue weighted by atomic mass is 10.0. The molecular weight excluding hydrogens is 666 g/mol. The number of carbonyl (C=O) groups is 3. The van der Waals surface area contributed by atoms with E-state index >= 15 is 0 Å². The standard InChI is InChI=1S/C45H85NO7/c1-6-8-10-12-14-16-18-20-22-24-25-27-29-31-33-35-43(47)52-40-41(39-51-38-37-42(45(49)50)46(3,4)5)53-44(48)36-34-32-30-28-26-23-21-19-17-15-13-11-9-7-2/h19,21,41-42H,6-18,20,22-40H2,1-5H3/p+1/b21-19-. The molecule has 0 rings (SSSR count). The number of esters is 2. The zero-order chi connectivity index (χ0) is 39.3. The molecule has 0 aromatic carbocycles. The average Bonchev–Trinajstić information content (AvgIpc) is 3.11. The van der Waals surface area contributed by atoms with Crippen molar-refractivity contribution in [2.45, 2.75) is 219 Å². The second kappa shape index (κ2) is 37.0. The van der Waals surface area contributed by atoms with Crippen LogP contribution in [-0.2, 0) is 28.6 Å². The van der Waals surface area contributed by atoms with Crippen molar-refractivity contribution in [2.24, 2.45) is 0 Å². The molecule has 0 aliphatic rings. The van der Waals surface area contributed by atoms with E-state index in [1.165, 1.54) is 122 Å². The van der Waals surface area contributed by atoms with Crippen molar-refractivity contribution in [3.8, 4) is 0 Å². The van der Waals surface area contributed by atoms with E-state index in [0.29, 0.717) is 19.3 Å². The Hall–Kier alpha value is -1.93.